The van der Waals surface area contributed by atoms with Gasteiger partial charge in [0.2, 0.25) is 11.8 Å². The number of likely N-dealkylation sites (tertiary alicyclic amines) is 1. The molecular formula is C27H27ClF3N7O3. The molecule has 3 aliphatic rings. The lowest BCUT2D eigenvalue weighted by atomic mass is 9.84. The Balaban J connectivity index is 1.17. The molecule has 1 fully saturated rings. The quantitative estimate of drug-likeness (QED) is 0.476. The van der Waals surface area contributed by atoms with E-state index in [0.29, 0.717) is 66.7 Å². The topological polar surface area (TPSA) is 115 Å². The van der Waals surface area contributed by atoms with E-state index in [-0.39, 0.29) is 36.0 Å². The smallest absolute Gasteiger partial charge is 0.343 e. The number of pyridine rings is 1. The van der Waals surface area contributed by atoms with Crippen molar-refractivity contribution < 1.29 is 27.6 Å². The molecule has 0 radical (unpaired) electrons. The van der Waals surface area contributed by atoms with Crippen molar-refractivity contribution in [1.82, 2.24) is 29.9 Å². The molecule has 5 heterocycles. The monoisotopic (exact) mass is 589 g/mol. The molecule has 1 aromatic carbocycles. The van der Waals surface area contributed by atoms with Crippen LogP contribution in [0.3, 0.4) is 0 Å². The number of rotatable bonds is 4. The van der Waals surface area contributed by atoms with Gasteiger partial charge in [-0.1, -0.05) is 17.7 Å². The minimum atomic E-state index is -4.59. The van der Waals surface area contributed by atoms with Crippen LogP contribution in [0.15, 0.2) is 30.6 Å². The Kier molecular flexibility index (Phi) is 7.00. The number of hydrogen-bond acceptors (Lipinski definition) is 5. The highest BCUT2D eigenvalue weighted by Gasteiger charge is 2.42. The van der Waals surface area contributed by atoms with Crippen molar-refractivity contribution >= 4 is 46.2 Å². The lowest BCUT2D eigenvalue weighted by Crippen LogP contribution is -2.50. The standard InChI is InChI=1S/C27H27ClF3N7O3/c28-21-10-17-18(25(40)37(14-27(29,30)31)13-20(17)19-12-33-35-23(19)21)11-22(39)36-7-4-16(5-8-36)38-9-3-15-2-1-6-32-24(15)34-26(38)41/h1-2,6,10,12,16,18H,3-5,7-9,11,13-14H2,(H,33,35)(H,32,34,41). The summed E-state index contributed by atoms with van der Waals surface area (Å²) in [5.41, 5.74) is 2.38. The molecular weight excluding hydrogens is 563 g/mol. The van der Waals surface area contributed by atoms with Gasteiger partial charge in [0.1, 0.15) is 12.4 Å². The summed E-state index contributed by atoms with van der Waals surface area (Å²) in [6.45, 7) is -0.427. The highest BCUT2D eigenvalue weighted by molar-refractivity contribution is 6.35. The van der Waals surface area contributed by atoms with Crippen molar-refractivity contribution in [2.24, 2.45) is 0 Å². The zero-order valence-corrected chi connectivity index (χ0v) is 22.6. The summed E-state index contributed by atoms with van der Waals surface area (Å²) in [5.74, 6) is -1.64. The van der Waals surface area contributed by atoms with Crippen LogP contribution in [0, 0.1) is 0 Å². The first-order valence-corrected chi connectivity index (χ1v) is 13.8. The largest absolute Gasteiger partial charge is 0.406 e. The number of aromatic nitrogens is 3. The van der Waals surface area contributed by atoms with E-state index in [9.17, 15) is 27.6 Å². The molecule has 14 heteroatoms. The zero-order valence-electron chi connectivity index (χ0n) is 21.9. The number of nitrogens with zero attached hydrogens (tertiary/aromatic N) is 5. The molecule has 2 aromatic heterocycles. The van der Waals surface area contributed by atoms with Gasteiger partial charge in [-0.05, 0) is 48.1 Å². The normalized spacial score (nSPS) is 20.1. The maximum absolute atomic E-state index is 13.4. The molecule has 0 bridgehead atoms. The van der Waals surface area contributed by atoms with Crippen molar-refractivity contribution in [1.29, 1.82) is 0 Å². The van der Waals surface area contributed by atoms with E-state index >= 15 is 0 Å². The molecule has 0 saturated carbocycles. The van der Waals surface area contributed by atoms with Gasteiger partial charge in [-0.3, -0.25) is 20.0 Å². The molecule has 216 valence electrons. The van der Waals surface area contributed by atoms with E-state index in [4.69, 9.17) is 11.6 Å². The Morgan fingerprint density at radius 3 is 2.71 bits per heavy atom. The minimum absolute atomic E-state index is 0.0825. The predicted molar refractivity (Wildman–Crippen MR) is 143 cm³/mol. The Morgan fingerprint density at radius 1 is 1.17 bits per heavy atom. The number of piperidine rings is 1. The number of nitrogens with one attached hydrogen (secondary N) is 2. The number of benzene rings is 1. The number of urea groups is 1. The molecule has 6 rings (SSSR count). The van der Waals surface area contributed by atoms with Gasteiger partial charge in [0.25, 0.3) is 0 Å². The molecule has 3 aliphatic heterocycles. The maximum Gasteiger partial charge on any atom is 0.406 e. The second-order valence-electron chi connectivity index (χ2n) is 10.6. The summed E-state index contributed by atoms with van der Waals surface area (Å²) < 4.78 is 40.1. The number of fused-ring (bicyclic) bond motifs is 4. The molecule has 0 spiro atoms. The van der Waals surface area contributed by atoms with Crippen LogP contribution < -0.4 is 5.32 Å². The van der Waals surface area contributed by atoms with Crippen LogP contribution in [0.2, 0.25) is 5.02 Å². The van der Waals surface area contributed by atoms with Crippen molar-refractivity contribution in [2.75, 3.05) is 31.5 Å². The van der Waals surface area contributed by atoms with Gasteiger partial charge in [0.05, 0.1) is 22.7 Å². The SMILES string of the molecule is O=C(CC1C(=O)N(CC(F)(F)F)Cc2c1cc(Cl)c1[nH]ncc21)N1CCC(N2CCc3cccnc3NC2=O)CC1. The van der Waals surface area contributed by atoms with E-state index in [0.717, 1.165) is 10.5 Å². The number of amides is 4. The first-order chi connectivity index (χ1) is 19.6. The van der Waals surface area contributed by atoms with E-state index in [1.165, 1.54) is 6.20 Å². The molecule has 4 amide bonds. The van der Waals surface area contributed by atoms with Gasteiger partial charge in [0.15, 0.2) is 0 Å². The zero-order chi connectivity index (χ0) is 28.9. The summed E-state index contributed by atoms with van der Waals surface area (Å²) >= 11 is 6.41. The number of aromatic amines is 1. The number of carbonyl (C=O) groups is 3. The summed E-state index contributed by atoms with van der Waals surface area (Å²) in [7, 11) is 0. The van der Waals surface area contributed by atoms with E-state index in [1.807, 2.05) is 12.1 Å². The molecule has 0 aliphatic carbocycles. The second-order valence-corrected chi connectivity index (χ2v) is 11.1. The van der Waals surface area contributed by atoms with Crippen LogP contribution in [0.1, 0.15) is 41.9 Å². The molecule has 1 saturated heterocycles. The number of anilines is 1. The summed E-state index contributed by atoms with van der Waals surface area (Å²) in [6.07, 6.45) is -0.0374. The van der Waals surface area contributed by atoms with Gasteiger partial charge in [-0.25, -0.2) is 9.78 Å². The molecule has 2 N–H and O–H groups in total. The summed E-state index contributed by atoms with van der Waals surface area (Å²) in [4.78, 5) is 48.1. The molecule has 10 nitrogen and oxygen atoms in total. The highest BCUT2D eigenvalue weighted by atomic mass is 35.5. The van der Waals surface area contributed by atoms with Crippen LogP contribution in [0.4, 0.5) is 23.8 Å². The fourth-order valence-corrected chi connectivity index (χ4v) is 6.41. The van der Waals surface area contributed by atoms with Gasteiger partial charge >= 0.3 is 12.2 Å². The fourth-order valence-electron chi connectivity index (χ4n) is 6.15. The van der Waals surface area contributed by atoms with Crippen molar-refractivity contribution in [2.45, 2.75) is 50.4 Å². The summed E-state index contributed by atoms with van der Waals surface area (Å²) in [5, 5.41) is 10.4. The number of H-pyrrole nitrogens is 1. The van der Waals surface area contributed by atoms with Crippen LogP contribution in [0.25, 0.3) is 10.9 Å². The molecule has 41 heavy (non-hydrogen) atoms. The predicted octanol–water partition coefficient (Wildman–Crippen LogP) is 4.07. The first kappa shape index (κ1) is 27.3. The van der Waals surface area contributed by atoms with Gasteiger partial charge in [0, 0.05) is 50.2 Å². The van der Waals surface area contributed by atoms with E-state index < -0.39 is 24.5 Å². The maximum atomic E-state index is 13.4. The Labute approximate surface area is 237 Å². The third-order valence-corrected chi connectivity index (χ3v) is 8.47. The van der Waals surface area contributed by atoms with Gasteiger partial charge in [-0.2, -0.15) is 18.3 Å². The number of hydrogen-bond donors (Lipinski definition) is 2. The van der Waals surface area contributed by atoms with Crippen LogP contribution in [-0.2, 0) is 22.6 Å². The van der Waals surface area contributed by atoms with E-state index in [1.54, 1.807) is 22.1 Å². The van der Waals surface area contributed by atoms with Gasteiger partial charge < -0.3 is 14.7 Å². The third-order valence-electron chi connectivity index (χ3n) is 8.17. The molecule has 3 aromatic rings. The Hall–Kier alpha value is -3.87. The van der Waals surface area contributed by atoms with Crippen LogP contribution in [-0.4, -0.2) is 86.1 Å². The number of carbonyl (C=O) groups excluding carboxylic acids is 3. The second kappa shape index (κ2) is 10.5. The van der Waals surface area contributed by atoms with Crippen molar-refractivity contribution in [3.8, 4) is 0 Å². The third kappa shape index (κ3) is 5.30. The van der Waals surface area contributed by atoms with Gasteiger partial charge in [-0.15, -0.1) is 0 Å². The summed E-state index contributed by atoms with van der Waals surface area (Å²) in [6, 6.07) is 4.99. The lowest BCUT2D eigenvalue weighted by molar-refractivity contribution is -0.165. The lowest BCUT2D eigenvalue weighted by Gasteiger charge is -2.39. The highest BCUT2D eigenvalue weighted by Crippen LogP contribution is 2.40. The number of alkyl halides is 3. The van der Waals surface area contributed by atoms with Crippen LogP contribution >= 0.6 is 11.6 Å². The molecule has 1 atom stereocenters. The molecule has 1 unspecified atom stereocenters. The van der Waals surface area contributed by atoms with E-state index in [2.05, 4.69) is 20.5 Å². The van der Waals surface area contributed by atoms with Crippen molar-refractivity contribution in [3.63, 3.8) is 0 Å². The average Bonchev–Trinajstić information content (AvgIpc) is 3.37. The first-order valence-electron chi connectivity index (χ1n) is 13.4. The fraction of sp³-hybridized carbons (Fsp3) is 0.444. The number of halogens is 4. The Bertz CT molecular complexity index is 1520. The minimum Gasteiger partial charge on any atom is -0.343 e. The average molecular weight is 590 g/mol. The Morgan fingerprint density at radius 2 is 1.95 bits per heavy atom. The van der Waals surface area contributed by atoms with Crippen LogP contribution in [0.5, 0.6) is 0 Å². The van der Waals surface area contributed by atoms with Crippen molar-refractivity contribution in [3.05, 3.63) is 52.3 Å².